The van der Waals surface area contributed by atoms with Gasteiger partial charge in [-0.25, -0.2) is 0 Å². The SMILES string of the molecule is Cc1ccc([C@H](c2ccc(OC(F)(F)F)cc2)N2CCNCC2)c(Br)c1.Cl.Cl. The van der Waals surface area contributed by atoms with Crippen LogP contribution < -0.4 is 10.1 Å². The summed E-state index contributed by atoms with van der Waals surface area (Å²) < 4.78 is 42.2. The summed E-state index contributed by atoms with van der Waals surface area (Å²) in [7, 11) is 0. The molecule has 1 atom stereocenters. The van der Waals surface area contributed by atoms with Gasteiger partial charge >= 0.3 is 6.36 Å². The van der Waals surface area contributed by atoms with Crippen molar-refractivity contribution in [3.8, 4) is 5.75 Å². The van der Waals surface area contributed by atoms with Crippen LogP contribution in [0.25, 0.3) is 0 Å². The third kappa shape index (κ3) is 6.52. The van der Waals surface area contributed by atoms with E-state index in [1.165, 1.54) is 12.1 Å². The fraction of sp³-hybridized carbons (Fsp3) is 0.368. The van der Waals surface area contributed by atoms with E-state index < -0.39 is 6.36 Å². The Hall–Kier alpha value is -0.990. The topological polar surface area (TPSA) is 24.5 Å². The fourth-order valence-electron chi connectivity index (χ4n) is 3.23. The monoisotopic (exact) mass is 500 g/mol. The Kier molecular flexibility index (Phi) is 9.56. The molecule has 0 aromatic heterocycles. The Morgan fingerprint density at radius 1 is 1.04 bits per heavy atom. The average molecular weight is 502 g/mol. The lowest BCUT2D eigenvalue weighted by Gasteiger charge is -2.36. The van der Waals surface area contributed by atoms with Crippen molar-refractivity contribution in [1.29, 1.82) is 0 Å². The van der Waals surface area contributed by atoms with Crippen molar-refractivity contribution in [3.63, 3.8) is 0 Å². The van der Waals surface area contributed by atoms with Gasteiger partial charge < -0.3 is 10.1 Å². The second-order valence-corrected chi connectivity index (χ2v) is 7.18. The highest BCUT2D eigenvalue weighted by Gasteiger charge is 2.31. The predicted octanol–water partition coefficient (Wildman–Crippen LogP) is 5.49. The van der Waals surface area contributed by atoms with Crippen LogP contribution in [0, 0.1) is 6.92 Å². The van der Waals surface area contributed by atoms with E-state index in [2.05, 4.69) is 49.1 Å². The number of benzene rings is 2. The summed E-state index contributed by atoms with van der Waals surface area (Å²) in [5.41, 5.74) is 3.18. The highest BCUT2D eigenvalue weighted by Crippen LogP contribution is 2.35. The van der Waals surface area contributed by atoms with E-state index in [1.807, 2.05) is 6.92 Å². The first-order chi connectivity index (χ1) is 12.3. The summed E-state index contributed by atoms with van der Waals surface area (Å²) in [6.07, 6.45) is -4.68. The molecule has 3 nitrogen and oxygen atoms in total. The Morgan fingerprint density at radius 2 is 1.64 bits per heavy atom. The average Bonchev–Trinajstić information content (AvgIpc) is 2.58. The van der Waals surface area contributed by atoms with E-state index in [0.717, 1.165) is 47.3 Å². The van der Waals surface area contributed by atoms with Gasteiger partial charge in [0.25, 0.3) is 0 Å². The molecule has 0 unspecified atom stereocenters. The summed E-state index contributed by atoms with van der Waals surface area (Å²) in [4.78, 5) is 2.34. The van der Waals surface area contributed by atoms with Gasteiger partial charge in [0.2, 0.25) is 0 Å². The normalized spacial score (nSPS) is 15.9. The summed E-state index contributed by atoms with van der Waals surface area (Å²) in [5.74, 6) is -0.205. The molecule has 1 saturated heterocycles. The van der Waals surface area contributed by atoms with E-state index in [4.69, 9.17) is 0 Å². The Balaban J connectivity index is 0.00000196. The smallest absolute Gasteiger partial charge is 0.406 e. The first-order valence-corrected chi connectivity index (χ1v) is 9.19. The molecule has 9 heteroatoms. The predicted molar refractivity (Wildman–Crippen MR) is 113 cm³/mol. The molecule has 0 spiro atoms. The second-order valence-electron chi connectivity index (χ2n) is 6.33. The van der Waals surface area contributed by atoms with Gasteiger partial charge in [-0.2, -0.15) is 0 Å². The van der Waals surface area contributed by atoms with Crippen molar-refractivity contribution in [2.45, 2.75) is 19.3 Å². The lowest BCUT2D eigenvalue weighted by Crippen LogP contribution is -2.45. The van der Waals surface area contributed by atoms with Gasteiger partial charge in [-0.15, -0.1) is 38.0 Å². The zero-order valence-electron chi connectivity index (χ0n) is 15.1. The van der Waals surface area contributed by atoms with Crippen molar-refractivity contribution >= 4 is 40.7 Å². The van der Waals surface area contributed by atoms with E-state index in [9.17, 15) is 13.2 Å². The van der Waals surface area contributed by atoms with E-state index >= 15 is 0 Å². The molecule has 1 heterocycles. The zero-order chi connectivity index (χ0) is 18.7. The molecule has 1 N–H and O–H groups in total. The number of piperazine rings is 1. The third-order valence-corrected chi connectivity index (χ3v) is 5.08. The summed E-state index contributed by atoms with van der Waals surface area (Å²) in [5, 5.41) is 3.33. The maximum absolute atomic E-state index is 12.4. The Morgan fingerprint density at radius 3 is 2.18 bits per heavy atom. The zero-order valence-corrected chi connectivity index (χ0v) is 18.4. The second kappa shape index (κ2) is 10.7. The lowest BCUT2D eigenvalue weighted by atomic mass is 9.95. The standard InChI is InChI=1S/C19H20BrF3N2O.2ClH/c1-13-2-7-16(17(20)12-13)18(25-10-8-24-9-11-25)14-3-5-15(6-4-14)26-19(21,22)23;;/h2-7,12,18,24H,8-11H2,1H3;2*1H/t18-;;/m0../s1. The molecule has 0 saturated carbocycles. The van der Waals surface area contributed by atoms with E-state index in [1.54, 1.807) is 12.1 Å². The number of alkyl halides is 3. The number of rotatable bonds is 4. The van der Waals surface area contributed by atoms with Crippen LogP contribution in [-0.2, 0) is 0 Å². The summed E-state index contributed by atoms with van der Waals surface area (Å²) in [6.45, 7) is 5.53. The molecule has 2 aromatic carbocycles. The number of aryl methyl sites for hydroxylation is 1. The van der Waals surface area contributed by atoms with Crippen LogP contribution >= 0.6 is 40.7 Å². The molecule has 0 aliphatic carbocycles. The van der Waals surface area contributed by atoms with Gasteiger partial charge in [0.05, 0.1) is 6.04 Å². The van der Waals surface area contributed by atoms with Gasteiger partial charge in [0.1, 0.15) is 5.75 Å². The minimum absolute atomic E-state index is 0. The summed E-state index contributed by atoms with van der Waals surface area (Å²) >= 11 is 3.65. The van der Waals surface area contributed by atoms with Crippen molar-refractivity contribution in [3.05, 3.63) is 63.6 Å². The minimum Gasteiger partial charge on any atom is -0.406 e. The van der Waals surface area contributed by atoms with Crippen LogP contribution in [0.2, 0.25) is 0 Å². The molecule has 1 fully saturated rings. The molecule has 0 radical (unpaired) electrons. The molecular weight excluding hydrogens is 480 g/mol. The highest BCUT2D eigenvalue weighted by atomic mass is 79.9. The number of nitrogens with zero attached hydrogens (tertiary/aromatic N) is 1. The molecule has 28 heavy (non-hydrogen) atoms. The first-order valence-electron chi connectivity index (χ1n) is 8.40. The number of halogens is 6. The largest absolute Gasteiger partial charge is 0.573 e. The number of hydrogen-bond acceptors (Lipinski definition) is 3. The maximum atomic E-state index is 12.4. The van der Waals surface area contributed by atoms with Gasteiger partial charge in [0.15, 0.2) is 0 Å². The van der Waals surface area contributed by atoms with Gasteiger partial charge in [-0.3, -0.25) is 4.90 Å². The van der Waals surface area contributed by atoms with Crippen LogP contribution in [0.1, 0.15) is 22.7 Å². The molecule has 0 bridgehead atoms. The molecule has 3 rings (SSSR count). The summed E-state index contributed by atoms with van der Waals surface area (Å²) in [6, 6.07) is 12.3. The van der Waals surface area contributed by atoms with Crippen LogP contribution in [0.5, 0.6) is 5.75 Å². The molecule has 1 aliphatic heterocycles. The Labute approximate surface area is 183 Å². The van der Waals surface area contributed by atoms with E-state index in [0.29, 0.717) is 0 Å². The lowest BCUT2D eigenvalue weighted by molar-refractivity contribution is -0.274. The van der Waals surface area contributed by atoms with Crippen LogP contribution in [0.4, 0.5) is 13.2 Å². The van der Waals surface area contributed by atoms with E-state index in [-0.39, 0.29) is 36.6 Å². The Bertz CT molecular complexity index is 754. The van der Waals surface area contributed by atoms with Gasteiger partial charge in [-0.1, -0.05) is 40.2 Å². The van der Waals surface area contributed by atoms with Crippen LogP contribution in [0.3, 0.4) is 0 Å². The molecule has 0 amide bonds. The molecule has 156 valence electrons. The highest BCUT2D eigenvalue weighted by molar-refractivity contribution is 9.10. The minimum atomic E-state index is -4.68. The van der Waals surface area contributed by atoms with Gasteiger partial charge in [0, 0.05) is 30.7 Å². The van der Waals surface area contributed by atoms with Crippen molar-refractivity contribution < 1.29 is 17.9 Å². The number of nitrogens with one attached hydrogen (secondary N) is 1. The number of ether oxygens (including phenoxy) is 1. The van der Waals surface area contributed by atoms with Crippen molar-refractivity contribution in [2.75, 3.05) is 26.2 Å². The maximum Gasteiger partial charge on any atom is 0.573 e. The van der Waals surface area contributed by atoms with Crippen LogP contribution in [0.15, 0.2) is 46.9 Å². The third-order valence-electron chi connectivity index (χ3n) is 4.40. The first kappa shape index (κ1) is 25.0. The molecule has 1 aliphatic rings. The van der Waals surface area contributed by atoms with Crippen molar-refractivity contribution in [2.24, 2.45) is 0 Å². The quantitative estimate of drug-likeness (QED) is 0.599. The fourth-order valence-corrected chi connectivity index (χ4v) is 3.94. The van der Waals surface area contributed by atoms with Gasteiger partial charge in [-0.05, 0) is 41.8 Å². The molecular formula is C19H22BrCl2F3N2O. The van der Waals surface area contributed by atoms with Crippen molar-refractivity contribution in [1.82, 2.24) is 10.2 Å². The van der Waals surface area contributed by atoms with Crippen LogP contribution in [-0.4, -0.2) is 37.4 Å². The number of hydrogen-bond donors (Lipinski definition) is 1. The molecule has 2 aromatic rings.